The fourth-order valence-corrected chi connectivity index (χ4v) is 6.07. The number of thiazole rings is 1. The highest BCUT2D eigenvalue weighted by Crippen LogP contribution is 2.33. The topological polar surface area (TPSA) is 99.4 Å². The van der Waals surface area contributed by atoms with Crippen molar-refractivity contribution >= 4 is 37.5 Å². The molecule has 0 aliphatic rings. The van der Waals surface area contributed by atoms with E-state index in [2.05, 4.69) is 18.2 Å². The lowest BCUT2D eigenvalue weighted by molar-refractivity contribution is 0.0996. The third kappa shape index (κ3) is 6.37. The summed E-state index contributed by atoms with van der Waals surface area (Å²) in [4.78, 5) is 18.0. The summed E-state index contributed by atoms with van der Waals surface area (Å²) in [5, 5.41) is 0. The smallest absolute Gasteiger partial charge is 0.279 e. The third-order valence-corrected chi connectivity index (χ3v) is 8.34. The van der Waals surface area contributed by atoms with E-state index < -0.39 is 15.9 Å². The molecule has 0 bridgehead atoms. The van der Waals surface area contributed by atoms with Crippen molar-refractivity contribution < 1.29 is 27.4 Å². The van der Waals surface area contributed by atoms with Crippen LogP contribution in [0.3, 0.4) is 0 Å². The molecule has 0 atom stereocenters. The fourth-order valence-electron chi connectivity index (χ4n) is 3.63. The Morgan fingerprint density at radius 3 is 2.27 bits per heavy atom. The van der Waals surface area contributed by atoms with Gasteiger partial charge in [-0.05, 0) is 31.2 Å². The second-order valence-corrected chi connectivity index (χ2v) is 10.7. The van der Waals surface area contributed by atoms with Crippen molar-refractivity contribution in [1.82, 2.24) is 8.87 Å². The van der Waals surface area contributed by atoms with Gasteiger partial charge in [0.15, 0.2) is 16.3 Å². The van der Waals surface area contributed by atoms with Crippen LogP contribution in [0.15, 0.2) is 71.6 Å². The molecule has 1 amide bonds. The Labute approximate surface area is 221 Å². The van der Waals surface area contributed by atoms with E-state index in [-0.39, 0.29) is 23.5 Å². The molecule has 37 heavy (non-hydrogen) atoms. The number of fused-ring (bicyclic) bond motifs is 1. The van der Waals surface area contributed by atoms with Crippen molar-refractivity contribution in [3.05, 3.63) is 72.1 Å². The van der Waals surface area contributed by atoms with Crippen LogP contribution in [0.2, 0.25) is 0 Å². The predicted molar refractivity (Wildman–Crippen MR) is 145 cm³/mol. The lowest BCUT2D eigenvalue weighted by atomic mass is 10.2. The number of methoxy groups -OCH3 is 2. The Hall–Kier alpha value is -3.25. The molecule has 9 nitrogen and oxygen atoms in total. The first-order valence-electron chi connectivity index (χ1n) is 11.5. The molecule has 0 N–H and O–H groups in total. The van der Waals surface area contributed by atoms with Crippen molar-refractivity contribution in [2.45, 2.75) is 18.4 Å². The number of rotatable bonds is 13. The Bertz CT molecular complexity index is 1430. The van der Waals surface area contributed by atoms with E-state index in [1.807, 2.05) is 23.6 Å². The number of hydrogen-bond acceptors (Lipinski definition) is 7. The van der Waals surface area contributed by atoms with Gasteiger partial charge in [0.1, 0.15) is 0 Å². The zero-order valence-corrected chi connectivity index (χ0v) is 22.8. The van der Waals surface area contributed by atoms with Gasteiger partial charge in [0.2, 0.25) is 10.0 Å². The van der Waals surface area contributed by atoms with Gasteiger partial charge >= 0.3 is 0 Å². The van der Waals surface area contributed by atoms with Crippen LogP contribution < -0.4 is 14.3 Å². The highest BCUT2D eigenvalue weighted by molar-refractivity contribution is 7.89. The third-order valence-electron chi connectivity index (χ3n) is 5.45. The monoisotopic (exact) mass is 545 g/mol. The van der Waals surface area contributed by atoms with Crippen LogP contribution in [0.5, 0.6) is 11.5 Å². The lowest BCUT2D eigenvalue weighted by Gasteiger charge is -2.19. The van der Waals surface area contributed by atoms with Crippen LogP contribution in [-0.4, -0.2) is 63.7 Å². The minimum atomic E-state index is -3.77. The molecule has 0 radical (unpaired) electrons. The fraction of sp³-hybridized carbons (Fsp3) is 0.308. The first-order chi connectivity index (χ1) is 17.8. The molecule has 3 rings (SSSR count). The highest BCUT2D eigenvalue weighted by Gasteiger charge is 2.22. The molecule has 0 unspecified atom stereocenters. The molecule has 0 fully saturated rings. The number of sulfonamides is 1. The summed E-state index contributed by atoms with van der Waals surface area (Å²) in [6.07, 6.45) is 3.02. The van der Waals surface area contributed by atoms with E-state index in [0.717, 1.165) is 10.2 Å². The van der Waals surface area contributed by atoms with Crippen LogP contribution >= 0.6 is 11.3 Å². The number of ether oxygens (including phenoxy) is 3. The molecule has 198 valence electrons. The van der Waals surface area contributed by atoms with Crippen LogP contribution in [-0.2, 0) is 21.3 Å². The van der Waals surface area contributed by atoms with Gasteiger partial charge in [-0.2, -0.15) is 9.30 Å². The molecular weight excluding hydrogens is 514 g/mol. The number of hydrogen-bond donors (Lipinski definition) is 0. The number of carbonyl (C=O) groups excluding carboxylic acids is 1. The van der Waals surface area contributed by atoms with Crippen molar-refractivity contribution in [2.75, 3.05) is 40.5 Å². The zero-order valence-electron chi connectivity index (χ0n) is 21.2. The normalized spacial score (nSPS) is 12.2. The van der Waals surface area contributed by atoms with Crippen molar-refractivity contribution in [3.8, 4) is 11.5 Å². The Morgan fingerprint density at radius 2 is 1.70 bits per heavy atom. The van der Waals surface area contributed by atoms with Crippen molar-refractivity contribution in [1.29, 1.82) is 0 Å². The van der Waals surface area contributed by atoms with E-state index in [9.17, 15) is 13.2 Å². The molecule has 0 aliphatic heterocycles. The summed E-state index contributed by atoms with van der Waals surface area (Å²) in [5.74, 6) is 0.646. The average Bonchev–Trinajstić information content (AvgIpc) is 3.23. The maximum absolute atomic E-state index is 13.1. The quantitative estimate of drug-likeness (QED) is 0.239. The van der Waals surface area contributed by atoms with Crippen LogP contribution in [0.25, 0.3) is 10.2 Å². The Balaban J connectivity index is 2.01. The summed E-state index contributed by atoms with van der Waals surface area (Å²) >= 11 is 1.34. The van der Waals surface area contributed by atoms with Crippen LogP contribution in [0.4, 0.5) is 0 Å². The highest BCUT2D eigenvalue weighted by atomic mass is 32.2. The minimum absolute atomic E-state index is 0.0700. The van der Waals surface area contributed by atoms with Gasteiger partial charge in [-0.25, -0.2) is 8.42 Å². The SMILES string of the molecule is C=CCN(CC=C)S(=O)(=O)c1ccc(C(=O)N=c2sc3cc(OC)c(OC)cc3n2CCOCC)cc1. The largest absolute Gasteiger partial charge is 0.493 e. The van der Waals surface area contributed by atoms with Gasteiger partial charge in [0.05, 0.1) is 35.9 Å². The second-order valence-electron chi connectivity index (χ2n) is 7.75. The zero-order chi connectivity index (χ0) is 27.0. The molecular formula is C26H31N3O6S2. The number of carbonyl (C=O) groups is 1. The van der Waals surface area contributed by atoms with Gasteiger partial charge in [0.25, 0.3) is 5.91 Å². The number of aromatic nitrogens is 1. The number of amides is 1. The Morgan fingerprint density at radius 1 is 1.08 bits per heavy atom. The minimum Gasteiger partial charge on any atom is -0.493 e. The summed E-state index contributed by atoms with van der Waals surface area (Å²) in [5.41, 5.74) is 1.10. The molecule has 0 saturated carbocycles. The lowest BCUT2D eigenvalue weighted by Crippen LogP contribution is -2.31. The van der Waals surface area contributed by atoms with Gasteiger partial charge in [-0.15, -0.1) is 13.2 Å². The molecule has 11 heteroatoms. The second kappa shape index (κ2) is 12.8. The first-order valence-corrected chi connectivity index (χ1v) is 13.8. The van der Waals surface area contributed by atoms with Gasteiger partial charge < -0.3 is 18.8 Å². The Kier molecular flexibility index (Phi) is 9.81. The molecule has 2 aromatic carbocycles. The molecule has 0 spiro atoms. The maximum atomic E-state index is 13.1. The van der Waals surface area contributed by atoms with Gasteiger partial charge in [-0.1, -0.05) is 23.5 Å². The van der Waals surface area contributed by atoms with Crippen LogP contribution in [0, 0.1) is 0 Å². The van der Waals surface area contributed by atoms with E-state index in [1.54, 1.807) is 14.2 Å². The molecule has 0 aliphatic carbocycles. The van der Waals surface area contributed by atoms with E-state index in [1.165, 1.54) is 52.1 Å². The van der Waals surface area contributed by atoms with Gasteiger partial charge in [0, 0.05) is 43.9 Å². The predicted octanol–water partition coefficient (Wildman–Crippen LogP) is 3.86. The van der Waals surface area contributed by atoms with Crippen molar-refractivity contribution in [3.63, 3.8) is 0 Å². The number of nitrogens with zero attached hydrogens (tertiary/aromatic N) is 3. The van der Waals surface area contributed by atoms with Crippen LogP contribution in [0.1, 0.15) is 17.3 Å². The summed E-state index contributed by atoms with van der Waals surface area (Å²) in [7, 11) is -0.642. The summed E-state index contributed by atoms with van der Waals surface area (Å²) in [6.45, 7) is 10.9. The average molecular weight is 546 g/mol. The van der Waals surface area contributed by atoms with E-state index >= 15 is 0 Å². The standard InChI is InChI=1S/C26H31N3O6S2/c1-6-13-28(14-7-2)37(31,32)20-11-9-19(10-12-20)25(30)27-26-29(15-16-35-8-3)21-17-22(33-4)23(34-5)18-24(21)36-26/h6-7,9-12,17-18H,1-2,8,13-16H2,3-5H3. The van der Waals surface area contributed by atoms with E-state index in [0.29, 0.717) is 36.1 Å². The maximum Gasteiger partial charge on any atom is 0.279 e. The molecule has 3 aromatic rings. The van der Waals surface area contributed by atoms with Crippen molar-refractivity contribution in [2.24, 2.45) is 4.99 Å². The molecule has 1 aromatic heterocycles. The van der Waals surface area contributed by atoms with Gasteiger partial charge in [-0.3, -0.25) is 4.79 Å². The van der Waals surface area contributed by atoms with E-state index in [4.69, 9.17) is 14.2 Å². The molecule has 0 saturated heterocycles. The first kappa shape index (κ1) is 28.3. The number of benzene rings is 2. The molecule has 1 heterocycles. The summed E-state index contributed by atoms with van der Waals surface area (Å²) in [6, 6.07) is 9.42. The summed E-state index contributed by atoms with van der Waals surface area (Å²) < 4.78 is 46.3.